The molecule has 0 aromatic heterocycles. The van der Waals surface area contributed by atoms with Crippen LogP contribution >= 0.6 is 0 Å². The molecule has 19 heavy (non-hydrogen) atoms. The molecule has 1 amide bonds. The molecule has 0 aliphatic carbocycles. The number of likely N-dealkylation sites (tertiary alicyclic amines) is 1. The van der Waals surface area contributed by atoms with Gasteiger partial charge in [-0.15, -0.1) is 0 Å². The monoisotopic (exact) mass is 258 g/mol. The van der Waals surface area contributed by atoms with E-state index in [-0.39, 0.29) is 11.8 Å². The van der Waals surface area contributed by atoms with Gasteiger partial charge < -0.3 is 9.64 Å². The number of rotatable bonds is 4. The van der Waals surface area contributed by atoms with Crippen molar-refractivity contribution in [2.45, 2.75) is 19.8 Å². The summed E-state index contributed by atoms with van der Waals surface area (Å²) in [5.74, 6) is 0.944. The summed E-state index contributed by atoms with van der Waals surface area (Å²) in [6, 6.07) is 10.0. The van der Waals surface area contributed by atoms with Gasteiger partial charge in [0.05, 0.1) is 18.5 Å². The first-order valence-electron chi connectivity index (χ1n) is 6.56. The fourth-order valence-corrected chi connectivity index (χ4v) is 2.22. The van der Waals surface area contributed by atoms with Crippen LogP contribution in [0.4, 0.5) is 0 Å². The Hall–Kier alpha value is -2.02. The Morgan fingerprint density at radius 1 is 1.47 bits per heavy atom. The van der Waals surface area contributed by atoms with Gasteiger partial charge in [-0.05, 0) is 25.0 Å². The second-order valence-electron chi connectivity index (χ2n) is 4.82. The summed E-state index contributed by atoms with van der Waals surface area (Å²) in [6.45, 7) is 3.54. The van der Waals surface area contributed by atoms with Gasteiger partial charge in [0.2, 0.25) is 5.91 Å². The third kappa shape index (κ3) is 3.47. The van der Waals surface area contributed by atoms with Crippen molar-refractivity contribution in [3.05, 3.63) is 29.8 Å². The fourth-order valence-electron chi connectivity index (χ4n) is 2.22. The van der Waals surface area contributed by atoms with Crippen LogP contribution in [0.5, 0.6) is 5.75 Å². The van der Waals surface area contributed by atoms with Crippen molar-refractivity contribution in [2.75, 3.05) is 19.7 Å². The van der Waals surface area contributed by atoms with Crippen LogP contribution in [0.1, 0.15) is 18.4 Å². The smallest absolute Gasteiger partial charge is 0.222 e. The van der Waals surface area contributed by atoms with Crippen LogP contribution in [0, 0.1) is 24.2 Å². The number of nitriles is 1. The van der Waals surface area contributed by atoms with E-state index >= 15 is 0 Å². The van der Waals surface area contributed by atoms with E-state index in [1.807, 2.05) is 31.2 Å². The first-order chi connectivity index (χ1) is 9.20. The maximum Gasteiger partial charge on any atom is 0.222 e. The van der Waals surface area contributed by atoms with E-state index in [9.17, 15) is 4.79 Å². The topological polar surface area (TPSA) is 53.3 Å². The number of carbonyl (C=O) groups is 1. The summed E-state index contributed by atoms with van der Waals surface area (Å²) in [4.78, 5) is 13.5. The highest BCUT2D eigenvalue weighted by atomic mass is 16.5. The van der Waals surface area contributed by atoms with Crippen LogP contribution in [0.25, 0.3) is 0 Å². The van der Waals surface area contributed by atoms with Crippen molar-refractivity contribution >= 4 is 5.91 Å². The molecule has 4 nitrogen and oxygen atoms in total. The average molecular weight is 258 g/mol. The number of hydrogen-bond acceptors (Lipinski definition) is 3. The van der Waals surface area contributed by atoms with Crippen LogP contribution in [-0.2, 0) is 4.79 Å². The van der Waals surface area contributed by atoms with Crippen LogP contribution in [0.3, 0.4) is 0 Å². The molecule has 1 unspecified atom stereocenters. The molecule has 0 radical (unpaired) electrons. The molecule has 1 aliphatic heterocycles. The van der Waals surface area contributed by atoms with Crippen molar-refractivity contribution in [1.82, 2.24) is 4.90 Å². The number of carbonyl (C=O) groups excluding carboxylic acids is 1. The zero-order valence-electron chi connectivity index (χ0n) is 11.1. The summed E-state index contributed by atoms with van der Waals surface area (Å²) in [7, 11) is 0. The zero-order valence-corrected chi connectivity index (χ0v) is 11.1. The number of benzene rings is 1. The van der Waals surface area contributed by atoms with Crippen molar-refractivity contribution in [1.29, 1.82) is 5.26 Å². The largest absolute Gasteiger partial charge is 0.491 e. The number of hydrogen-bond donors (Lipinski definition) is 0. The molecular weight excluding hydrogens is 240 g/mol. The van der Waals surface area contributed by atoms with Gasteiger partial charge in [0.1, 0.15) is 12.4 Å². The molecule has 1 heterocycles. The first kappa shape index (κ1) is 13.4. The highest BCUT2D eigenvalue weighted by Crippen LogP contribution is 2.18. The average Bonchev–Trinajstić information content (AvgIpc) is 2.43. The van der Waals surface area contributed by atoms with E-state index in [0.29, 0.717) is 32.5 Å². The van der Waals surface area contributed by atoms with E-state index in [1.165, 1.54) is 0 Å². The molecule has 1 atom stereocenters. The summed E-state index contributed by atoms with van der Waals surface area (Å²) in [5, 5.41) is 8.92. The second-order valence-corrected chi connectivity index (χ2v) is 4.82. The molecule has 1 aromatic rings. The SMILES string of the molecule is Cc1ccccc1OCCN1CC(C#N)CCC1=O. The minimum Gasteiger partial charge on any atom is -0.491 e. The molecule has 0 N–H and O–H groups in total. The number of amides is 1. The standard InChI is InChI=1S/C15H18N2O2/c1-12-4-2-3-5-14(12)19-9-8-17-11-13(10-16)6-7-15(17)18/h2-5,13H,6-9,11H2,1H3. The quantitative estimate of drug-likeness (QED) is 0.831. The fraction of sp³-hybridized carbons (Fsp3) is 0.467. The Morgan fingerprint density at radius 3 is 3.00 bits per heavy atom. The molecule has 4 heteroatoms. The van der Waals surface area contributed by atoms with Crippen molar-refractivity contribution < 1.29 is 9.53 Å². The molecule has 1 fully saturated rings. The predicted molar refractivity (Wildman–Crippen MR) is 71.6 cm³/mol. The van der Waals surface area contributed by atoms with E-state index in [2.05, 4.69) is 6.07 Å². The van der Waals surface area contributed by atoms with Crippen LogP contribution in [0.2, 0.25) is 0 Å². The Kier molecular flexibility index (Phi) is 4.40. The summed E-state index contributed by atoms with van der Waals surface area (Å²) < 4.78 is 5.68. The van der Waals surface area contributed by atoms with Crippen molar-refractivity contribution in [3.63, 3.8) is 0 Å². The molecule has 1 aliphatic rings. The third-order valence-electron chi connectivity index (χ3n) is 3.40. The highest BCUT2D eigenvalue weighted by Gasteiger charge is 2.25. The molecule has 2 rings (SSSR count). The van der Waals surface area contributed by atoms with Gasteiger partial charge in [-0.25, -0.2) is 0 Å². The van der Waals surface area contributed by atoms with E-state index in [0.717, 1.165) is 11.3 Å². The minimum atomic E-state index is -0.0313. The lowest BCUT2D eigenvalue weighted by atomic mass is 9.99. The van der Waals surface area contributed by atoms with Gasteiger partial charge in [0, 0.05) is 13.0 Å². The molecule has 1 saturated heterocycles. The Balaban J connectivity index is 1.84. The van der Waals surface area contributed by atoms with Crippen LogP contribution < -0.4 is 4.74 Å². The summed E-state index contributed by atoms with van der Waals surface area (Å²) in [5.41, 5.74) is 1.09. The third-order valence-corrected chi connectivity index (χ3v) is 3.40. The zero-order chi connectivity index (χ0) is 13.7. The number of ether oxygens (including phenoxy) is 1. The normalized spacial score (nSPS) is 19.1. The Bertz CT molecular complexity index is 493. The van der Waals surface area contributed by atoms with E-state index in [1.54, 1.807) is 4.90 Å². The van der Waals surface area contributed by atoms with E-state index < -0.39 is 0 Å². The van der Waals surface area contributed by atoms with Crippen LogP contribution in [-0.4, -0.2) is 30.5 Å². The van der Waals surface area contributed by atoms with Gasteiger partial charge in [-0.1, -0.05) is 18.2 Å². The van der Waals surface area contributed by atoms with Crippen molar-refractivity contribution in [3.8, 4) is 11.8 Å². The molecule has 100 valence electrons. The number of nitrogens with zero attached hydrogens (tertiary/aromatic N) is 2. The van der Waals surface area contributed by atoms with Gasteiger partial charge in [0.15, 0.2) is 0 Å². The maximum absolute atomic E-state index is 11.7. The van der Waals surface area contributed by atoms with Gasteiger partial charge >= 0.3 is 0 Å². The Morgan fingerprint density at radius 2 is 2.26 bits per heavy atom. The summed E-state index contributed by atoms with van der Waals surface area (Å²) in [6.07, 6.45) is 1.16. The van der Waals surface area contributed by atoms with Gasteiger partial charge in [-0.3, -0.25) is 4.79 Å². The number of para-hydroxylation sites is 1. The number of aryl methyl sites for hydroxylation is 1. The van der Waals surface area contributed by atoms with Gasteiger partial charge in [-0.2, -0.15) is 5.26 Å². The lowest BCUT2D eigenvalue weighted by molar-refractivity contribution is -0.134. The van der Waals surface area contributed by atoms with Crippen LogP contribution in [0.15, 0.2) is 24.3 Å². The first-order valence-corrected chi connectivity index (χ1v) is 6.56. The van der Waals surface area contributed by atoms with E-state index in [4.69, 9.17) is 10.00 Å². The number of piperidine rings is 1. The second kappa shape index (κ2) is 6.24. The predicted octanol–water partition coefficient (Wildman–Crippen LogP) is 2.14. The lowest BCUT2D eigenvalue weighted by Gasteiger charge is -2.29. The van der Waals surface area contributed by atoms with Gasteiger partial charge in [0.25, 0.3) is 0 Å². The Labute approximate surface area is 113 Å². The van der Waals surface area contributed by atoms with Crippen molar-refractivity contribution in [2.24, 2.45) is 5.92 Å². The molecule has 0 saturated carbocycles. The maximum atomic E-state index is 11.7. The molecule has 0 spiro atoms. The molecular formula is C15H18N2O2. The minimum absolute atomic E-state index is 0.0313. The lowest BCUT2D eigenvalue weighted by Crippen LogP contribution is -2.41. The molecule has 0 bridgehead atoms. The molecule has 1 aromatic carbocycles. The highest BCUT2D eigenvalue weighted by molar-refractivity contribution is 5.77. The summed E-state index contributed by atoms with van der Waals surface area (Å²) >= 11 is 0.